The molecule has 1 rings (SSSR count). The van der Waals surface area contributed by atoms with Crippen molar-refractivity contribution in [2.75, 3.05) is 7.11 Å². The Morgan fingerprint density at radius 2 is 2.39 bits per heavy atom. The number of methoxy groups -OCH3 is 1. The van der Waals surface area contributed by atoms with E-state index in [2.05, 4.69) is 16.6 Å². The van der Waals surface area contributed by atoms with E-state index in [1.54, 1.807) is 6.92 Å². The average molecular weight is 251 g/mol. The normalized spacial score (nSPS) is 31.3. The molecule has 1 fully saturated rings. The van der Waals surface area contributed by atoms with E-state index in [0.717, 1.165) is 0 Å². The van der Waals surface area contributed by atoms with Crippen LogP contribution in [-0.4, -0.2) is 24.4 Å². The summed E-state index contributed by atoms with van der Waals surface area (Å²) in [5, 5.41) is 3.73. The second-order valence-electron chi connectivity index (χ2n) is 4.85. The lowest BCUT2D eigenvalue weighted by atomic mass is 9.64. The third kappa shape index (κ3) is 2.38. The van der Waals surface area contributed by atoms with Crippen LogP contribution in [0.3, 0.4) is 0 Å². The zero-order chi connectivity index (χ0) is 13.8. The lowest BCUT2D eigenvalue weighted by molar-refractivity contribution is -0.161. The van der Waals surface area contributed by atoms with Gasteiger partial charge in [0.2, 0.25) is 0 Å². The van der Waals surface area contributed by atoms with E-state index in [0.29, 0.717) is 6.42 Å². The van der Waals surface area contributed by atoms with Crippen LogP contribution in [-0.2, 0) is 14.3 Å². The van der Waals surface area contributed by atoms with E-state index >= 15 is 0 Å². The Labute approximate surface area is 106 Å². The van der Waals surface area contributed by atoms with Crippen molar-refractivity contribution in [3.63, 3.8) is 0 Å². The lowest BCUT2D eigenvalue weighted by Gasteiger charge is -2.40. The van der Waals surface area contributed by atoms with Crippen LogP contribution >= 0.6 is 0 Å². The van der Waals surface area contributed by atoms with Crippen LogP contribution < -0.4 is 0 Å². The van der Waals surface area contributed by atoms with Gasteiger partial charge in [-0.15, -0.1) is 6.58 Å². The molecule has 1 aliphatic carbocycles. The number of hydrogen-bond donors (Lipinski definition) is 0. The van der Waals surface area contributed by atoms with Crippen molar-refractivity contribution in [2.24, 2.45) is 10.5 Å². The van der Waals surface area contributed by atoms with E-state index in [9.17, 15) is 9.59 Å². The largest absolute Gasteiger partial charge is 0.468 e. The van der Waals surface area contributed by atoms with Crippen molar-refractivity contribution in [3.05, 3.63) is 23.1 Å². The number of rotatable bonds is 4. The molecule has 0 saturated heterocycles. The molecule has 0 aromatic carbocycles. The van der Waals surface area contributed by atoms with Gasteiger partial charge in [-0.25, -0.2) is 0 Å². The third-order valence-corrected chi connectivity index (χ3v) is 3.46. The van der Waals surface area contributed by atoms with Crippen molar-refractivity contribution in [2.45, 2.75) is 38.1 Å². The molecule has 0 bridgehead atoms. The number of ether oxygens (including phenoxy) is 1. The third-order valence-electron chi connectivity index (χ3n) is 3.46. The van der Waals surface area contributed by atoms with Crippen molar-refractivity contribution in [1.29, 1.82) is 0 Å². The minimum atomic E-state index is -1.25. The molecule has 6 nitrogen and oxygen atoms in total. The monoisotopic (exact) mass is 251 g/mol. The molecular formula is C12H17N3O3. The Hall–Kier alpha value is -1.81. The maximum Gasteiger partial charge on any atom is 0.319 e. The molecule has 98 valence electrons. The standard InChI is InChI=1S/C12H17N3O3/c1-4-6-12(10(17)18-3)8-11(2,14-15-13)7-5-9(12)16/h4H,1,5-8H2,2-3H3/t11-,12+/m0/s1. The van der Waals surface area contributed by atoms with Gasteiger partial charge in [0.1, 0.15) is 5.41 Å². The highest BCUT2D eigenvalue weighted by molar-refractivity contribution is 6.04. The van der Waals surface area contributed by atoms with E-state index in [1.165, 1.54) is 13.2 Å². The second-order valence-corrected chi connectivity index (χ2v) is 4.85. The predicted molar refractivity (Wildman–Crippen MR) is 65.7 cm³/mol. The fraction of sp³-hybridized carbons (Fsp3) is 0.667. The first-order valence-electron chi connectivity index (χ1n) is 5.73. The number of carbonyl (C=O) groups excluding carboxylic acids is 2. The lowest BCUT2D eigenvalue weighted by Crippen LogP contribution is -2.49. The predicted octanol–water partition coefficient (Wildman–Crippen LogP) is 2.54. The van der Waals surface area contributed by atoms with Gasteiger partial charge in [0.25, 0.3) is 0 Å². The van der Waals surface area contributed by atoms with E-state index in [4.69, 9.17) is 10.3 Å². The highest BCUT2D eigenvalue weighted by atomic mass is 16.5. The molecule has 18 heavy (non-hydrogen) atoms. The molecule has 1 aliphatic rings. The van der Waals surface area contributed by atoms with Crippen LogP contribution in [0, 0.1) is 5.41 Å². The molecule has 6 heteroatoms. The van der Waals surface area contributed by atoms with Gasteiger partial charge < -0.3 is 4.74 Å². The number of carbonyl (C=O) groups is 2. The molecule has 2 atom stereocenters. The molecule has 0 aromatic heterocycles. The summed E-state index contributed by atoms with van der Waals surface area (Å²) < 4.78 is 4.75. The van der Waals surface area contributed by atoms with Gasteiger partial charge in [0.05, 0.1) is 7.11 Å². The molecule has 0 aromatic rings. The summed E-state index contributed by atoms with van der Waals surface area (Å²) in [4.78, 5) is 26.9. The highest BCUT2D eigenvalue weighted by Gasteiger charge is 2.52. The molecule has 0 spiro atoms. The molecule has 0 heterocycles. The quantitative estimate of drug-likeness (QED) is 0.192. The average Bonchev–Trinajstić information content (AvgIpc) is 2.33. The summed E-state index contributed by atoms with van der Waals surface area (Å²) in [6.07, 6.45) is 2.55. The SMILES string of the molecule is C=CC[C@@]1(C(=O)OC)C[C@@](C)(N=[N+]=[N-])CCC1=O. The fourth-order valence-corrected chi connectivity index (χ4v) is 2.55. The van der Waals surface area contributed by atoms with Gasteiger partial charge >= 0.3 is 5.97 Å². The van der Waals surface area contributed by atoms with Gasteiger partial charge in [0, 0.05) is 16.9 Å². The number of Topliss-reactive ketones (excluding diaryl/α,β-unsaturated/α-hetero) is 1. The topological polar surface area (TPSA) is 92.1 Å². The summed E-state index contributed by atoms with van der Waals surface area (Å²) in [7, 11) is 1.25. The summed E-state index contributed by atoms with van der Waals surface area (Å²) in [5.41, 5.74) is 6.59. The van der Waals surface area contributed by atoms with Crippen molar-refractivity contribution < 1.29 is 14.3 Å². The highest BCUT2D eigenvalue weighted by Crippen LogP contribution is 2.44. The first-order chi connectivity index (χ1) is 8.44. The Bertz CT molecular complexity index is 418. The van der Waals surface area contributed by atoms with Crippen LogP contribution in [0.1, 0.15) is 32.6 Å². The van der Waals surface area contributed by atoms with Gasteiger partial charge in [0.15, 0.2) is 5.78 Å². The number of hydrogen-bond acceptors (Lipinski definition) is 4. The van der Waals surface area contributed by atoms with Gasteiger partial charge in [-0.2, -0.15) is 0 Å². The number of ketones is 1. The molecule has 0 amide bonds. The Morgan fingerprint density at radius 1 is 1.72 bits per heavy atom. The van der Waals surface area contributed by atoms with Gasteiger partial charge in [-0.3, -0.25) is 9.59 Å². The van der Waals surface area contributed by atoms with Gasteiger partial charge in [-0.1, -0.05) is 18.1 Å². The van der Waals surface area contributed by atoms with Gasteiger partial charge in [-0.05, 0) is 24.8 Å². The Balaban J connectivity index is 3.20. The first kappa shape index (κ1) is 14.3. The second kappa shape index (κ2) is 5.23. The molecule has 0 radical (unpaired) electrons. The number of allylic oxidation sites excluding steroid dienone is 1. The minimum Gasteiger partial charge on any atom is -0.468 e. The molecule has 0 unspecified atom stereocenters. The molecule has 1 saturated carbocycles. The number of esters is 1. The van der Waals surface area contributed by atoms with Crippen molar-refractivity contribution in [3.8, 4) is 0 Å². The number of azide groups is 1. The zero-order valence-corrected chi connectivity index (χ0v) is 10.7. The van der Waals surface area contributed by atoms with Crippen LogP contribution in [0.25, 0.3) is 10.4 Å². The Kier molecular flexibility index (Phi) is 4.14. The van der Waals surface area contributed by atoms with Crippen LogP contribution in [0.2, 0.25) is 0 Å². The first-order valence-corrected chi connectivity index (χ1v) is 5.73. The summed E-state index contributed by atoms with van der Waals surface area (Å²) in [6, 6.07) is 0. The maximum absolute atomic E-state index is 12.1. The van der Waals surface area contributed by atoms with E-state index in [1.807, 2.05) is 0 Å². The van der Waals surface area contributed by atoms with Crippen LogP contribution in [0.4, 0.5) is 0 Å². The van der Waals surface area contributed by atoms with Crippen molar-refractivity contribution >= 4 is 11.8 Å². The summed E-state index contributed by atoms with van der Waals surface area (Å²) >= 11 is 0. The van der Waals surface area contributed by atoms with Crippen molar-refractivity contribution in [1.82, 2.24) is 0 Å². The molecule has 0 aliphatic heterocycles. The fourth-order valence-electron chi connectivity index (χ4n) is 2.55. The van der Waals surface area contributed by atoms with Crippen LogP contribution in [0.15, 0.2) is 17.8 Å². The minimum absolute atomic E-state index is 0.167. The maximum atomic E-state index is 12.1. The van der Waals surface area contributed by atoms with E-state index < -0.39 is 16.9 Å². The summed E-state index contributed by atoms with van der Waals surface area (Å²) in [5.74, 6) is -0.744. The Morgan fingerprint density at radius 3 is 2.89 bits per heavy atom. The zero-order valence-electron chi connectivity index (χ0n) is 10.7. The number of nitrogens with zero attached hydrogens (tertiary/aromatic N) is 3. The summed E-state index contributed by atoms with van der Waals surface area (Å²) in [6.45, 7) is 5.33. The molecular weight excluding hydrogens is 234 g/mol. The van der Waals surface area contributed by atoms with E-state index in [-0.39, 0.29) is 25.0 Å². The molecule has 0 N–H and O–H groups in total. The van der Waals surface area contributed by atoms with Crippen LogP contribution in [0.5, 0.6) is 0 Å². The smallest absolute Gasteiger partial charge is 0.319 e.